The third-order valence-electron chi connectivity index (χ3n) is 11.5. The van der Waals surface area contributed by atoms with Gasteiger partial charge in [0.05, 0.1) is 30.6 Å². The number of likely N-dealkylation sites (tertiary alicyclic amines) is 1. The van der Waals surface area contributed by atoms with Crippen molar-refractivity contribution in [1.29, 1.82) is 0 Å². The predicted octanol–water partition coefficient (Wildman–Crippen LogP) is 7.37. The van der Waals surface area contributed by atoms with Gasteiger partial charge in [0.25, 0.3) is 10.0 Å². The quantitative estimate of drug-likeness (QED) is 0.0737. The Hall–Kier alpha value is -5.95. The molecule has 0 saturated carbocycles. The molecular weight excluding hydrogens is 883 g/mol. The molecule has 1 fully saturated rings. The number of hydrogen-bond acceptors (Lipinski definition) is 13. The number of allylic oxidation sites excluding steroid dienone is 1. The fourth-order valence-electron chi connectivity index (χ4n) is 8.13. The summed E-state index contributed by atoms with van der Waals surface area (Å²) < 4.78 is 40.9. The summed E-state index contributed by atoms with van der Waals surface area (Å²) >= 11 is 1.47. The molecule has 0 radical (unpaired) electrons. The molecule has 5 N–H and O–H groups in total. The number of carbonyl (C=O) groups is 4. The van der Waals surface area contributed by atoms with Crippen LogP contribution in [0.4, 0.5) is 15.6 Å². The molecule has 5 amide bonds. The highest BCUT2D eigenvalue weighted by Gasteiger charge is 2.52. The molecule has 2 aromatic heterocycles. The number of nitrogens with one attached hydrogen (secondary N) is 5. The Morgan fingerprint density at radius 2 is 1.80 bits per heavy atom. The van der Waals surface area contributed by atoms with E-state index in [0.717, 1.165) is 36.4 Å². The fraction of sp³-hybridized carbons (Fsp3) is 0.489. The number of ether oxygens (including phenoxy) is 2. The molecule has 2 aromatic carbocycles. The van der Waals surface area contributed by atoms with Crippen molar-refractivity contribution in [2.24, 2.45) is 0 Å². The summed E-state index contributed by atoms with van der Waals surface area (Å²) in [6.45, 7) is 11.5. The average molecular weight is 946 g/mol. The minimum atomic E-state index is -4.08. The summed E-state index contributed by atoms with van der Waals surface area (Å²) in [7, 11) is -2.50. The van der Waals surface area contributed by atoms with Gasteiger partial charge in [-0.3, -0.25) is 19.8 Å². The third-order valence-corrected chi connectivity index (χ3v) is 13.7. The highest BCUT2D eigenvalue weighted by atomic mass is 32.2. The van der Waals surface area contributed by atoms with Gasteiger partial charge in [0.1, 0.15) is 33.7 Å². The molecular formula is C47H63N9O8S2. The first kappa shape index (κ1) is 49.5. The highest BCUT2D eigenvalue weighted by Crippen LogP contribution is 2.38. The minimum absolute atomic E-state index is 0.00232. The van der Waals surface area contributed by atoms with Gasteiger partial charge in [-0.15, -0.1) is 11.3 Å². The Labute approximate surface area is 391 Å². The van der Waals surface area contributed by atoms with Crippen LogP contribution < -0.4 is 35.6 Å². The molecule has 4 aromatic rings. The van der Waals surface area contributed by atoms with Gasteiger partial charge in [-0.1, -0.05) is 30.2 Å². The lowest BCUT2D eigenvalue weighted by Gasteiger charge is -2.38. The average Bonchev–Trinajstić information content (AvgIpc) is 3.87. The van der Waals surface area contributed by atoms with Crippen molar-refractivity contribution in [3.05, 3.63) is 65.6 Å². The highest BCUT2D eigenvalue weighted by molar-refractivity contribution is 7.90. The van der Waals surface area contributed by atoms with Gasteiger partial charge in [0, 0.05) is 67.8 Å². The number of fused-ring (bicyclic) bond motifs is 2. The summed E-state index contributed by atoms with van der Waals surface area (Å²) in [5.74, 6) is -0.313. The number of rotatable bonds is 11. The van der Waals surface area contributed by atoms with Crippen LogP contribution in [0.5, 0.6) is 11.5 Å². The molecule has 19 heteroatoms. The summed E-state index contributed by atoms with van der Waals surface area (Å²) in [4.78, 5) is 65.4. The monoisotopic (exact) mass is 945 g/mol. The van der Waals surface area contributed by atoms with E-state index in [1.165, 1.54) is 34.2 Å². The molecule has 17 nitrogen and oxygen atoms in total. The number of methoxy groups -OCH3 is 1. The molecule has 4 heterocycles. The number of benzene rings is 2. The maximum Gasteiger partial charge on any atom is 0.339 e. The lowest BCUT2D eigenvalue weighted by atomic mass is 9.96. The van der Waals surface area contributed by atoms with Crippen molar-refractivity contribution in [3.63, 3.8) is 0 Å². The number of hydrazine groups is 1. The van der Waals surface area contributed by atoms with Gasteiger partial charge < -0.3 is 30.3 Å². The third kappa shape index (κ3) is 12.5. The smallest absolute Gasteiger partial charge is 0.339 e. The van der Waals surface area contributed by atoms with Crippen molar-refractivity contribution in [2.45, 2.75) is 128 Å². The zero-order valence-corrected chi connectivity index (χ0v) is 40.5. The van der Waals surface area contributed by atoms with Crippen molar-refractivity contribution in [3.8, 4) is 22.9 Å². The van der Waals surface area contributed by atoms with E-state index in [1.807, 2.05) is 43.5 Å². The van der Waals surface area contributed by atoms with Crippen LogP contribution in [0, 0.1) is 0 Å². The molecule has 1 saturated heterocycles. The van der Waals surface area contributed by atoms with E-state index in [2.05, 4.69) is 32.2 Å². The zero-order valence-electron chi connectivity index (χ0n) is 38.9. The number of nitrogens with zero attached hydrogens (tertiary/aromatic N) is 4. The van der Waals surface area contributed by atoms with Gasteiger partial charge >= 0.3 is 6.03 Å². The summed E-state index contributed by atoms with van der Waals surface area (Å²) in [5, 5.41) is 14.2. The van der Waals surface area contributed by atoms with Gasteiger partial charge in [-0.2, -0.15) is 0 Å². The molecule has 2 atom stereocenters. The number of amides is 5. The zero-order chi connectivity index (χ0) is 47.6. The van der Waals surface area contributed by atoms with Crippen LogP contribution in [-0.2, 0) is 24.4 Å². The molecule has 0 spiro atoms. The molecule has 0 unspecified atom stereocenters. The van der Waals surface area contributed by atoms with Crippen LogP contribution >= 0.6 is 11.3 Å². The van der Waals surface area contributed by atoms with Gasteiger partial charge in [-0.05, 0) is 97.4 Å². The standard InChI is InChI=1S/C47H63N9O8S2/c1-30(2)50-45-52-40(29-65-45)39-26-41(36-21-20-34(63-7)25-38(36)51-39)64-35-27-47(6,55(28-35)46(60)56(31(3)4)53-32(5)57)44(59)49-24-22-33-15-10-8-9-13-23-48-37-17-11-12-18-42(37)66(61,62)54-43(58)19-14-16-33/h11-12,15,17-18,20-21,25-26,29-31,35,48H,8-10,13-14,16,19,22-24,27-28H2,1-7H3,(H,49,59)(H,50,52)(H,53,57)(H,54,58)/b33-15-/t35-,47+/m1/s1. The first-order chi connectivity index (χ1) is 31.5. The number of aromatic nitrogens is 2. The van der Waals surface area contributed by atoms with Crippen LogP contribution in [-0.4, -0.2) is 103 Å². The van der Waals surface area contributed by atoms with Crippen LogP contribution in [0.1, 0.15) is 99.3 Å². The maximum atomic E-state index is 14.5. The van der Waals surface area contributed by atoms with Crippen LogP contribution in [0.25, 0.3) is 22.3 Å². The second-order valence-corrected chi connectivity index (χ2v) is 20.0. The SMILES string of the molecule is COc1ccc2c(O[C@H]3CN(C(=O)N(NC(C)=O)C(C)C)[C@](C)(C(=O)NCC/C4=C\CCCCCNc5ccccc5S(=O)(=O)NC(=O)CCC4)C3)cc(-c3csc(NC(C)C)n3)nc2c1. The number of carbonyl (C=O) groups excluding carboxylic acids is 4. The largest absolute Gasteiger partial charge is 0.497 e. The molecule has 2 aliphatic heterocycles. The Bertz CT molecular complexity index is 2530. The first-order valence-electron chi connectivity index (χ1n) is 22.6. The maximum absolute atomic E-state index is 14.5. The molecule has 6 rings (SSSR count). The number of hydrogen-bond donors (Lipinski definition) is 5. The van der Waals surface area contributed by atoms with Crippen molar-refractivity contribution >= 4 is 66.8 Å². The predicted molar refractivity (Wildman–Crippen MR) is 257 cm³/mol. The number of urea groups is 1. The summed E-state index contributed by atoms with van der Waals surface area (Å²) in [6, 6.07) is 13.1. The van der Waals surface area contributed by atoms with Crippen LogP contribution in [0.3, 0.4) is 0 Å². The van der Waals surface area contributed by atoms with E-state index >= 15 is 0 Å². The van der Waals surface area contributed by atoms with E-state index in [-0.39, 0.29) is 36.9 Å². The Balaban J connectivity index is 1.21. The summed E-state index contributed by atoms with van der Waals surface area (Å²) in [5.41, 5.74) is 4.57. The van der Waals surface area contributed by atoms with Crippen LogP contribution in [0.15, 0.2) is 70.5 Å². The van der Waals surface area contributed by atoms with E-state index in [9.17, 15) is 27.6 Å². The lowest BCUT2D eigenvalue weighted by molar-refractivity contribution is -0.130. The number of thiazole rings is 1. The van der Waals surface area contributed by atoms with E-state index in [4.69, 9.17) is 19.4 Å². The van der Waals surface area contributed by atoms with Gasteiger partial charge in [0.2, 0.25) is 17.7 Å². The van der Waals surface area contributed by atoms with Crippen LogP contribution in [0.2, 0.25) is 0 Å². The number of pyridine rings is 1. The van der Waals surface area contributed by atoms with Crippen molar-refractivity contribution in [1.82, 2.24) is 35.3 Å². The van der Waals surface area contributed by atoms with Gasteiger partial charge in [0.15, 0.2) is 5.13 Å². The second-order valence-electron chi connectivity index (χ2n) is 17.5. The molecule has 66 heavy (non-hydrogen) atoms. The minimum Gasteiger partial charge on any atom is -0.497 e. The van der Waals surface area contributed by atoms with E-state index in [0.29, 0.717) is 65.3 Å². The number of anilines is 2. The summed E-state index contributed by atoms with van der Waals surface area (Å²) in [6.07, 6.45) is 6.51. The normalized spacial score (nSPS) is 20.1. The van der Waals surface area contributed by atoms with E-state index in [1.54, 1.807) is 46.1 Å². The number of para-hydroxylation sites is 1. The van der Waals surface area contributed by atoms with Crippen molar-refractivity contribution in [2.75, 3.05) is 37.4 Å². The first-order valence-corrected chi connectivity index (χ1v) is 24.9. The Morgan fingerprint density at radius 1 is 1.02 bits per heavy atom. The lowest BCUT2D eigenvalue weighted by Crippen LogP contribution is -2.62. The Kier molecular flexibility index (Phi) is 16.5. The fourth-order valence-corrected chi connectivity index (χ4v) is 10.2. The van der Waals surface area contributed by atoms with E-state index < -0.39 is 51.5 Å². The molecule has 356 valence electrons. The topological polar surface area (TPSA) is 213 Å². The molecule has 0 aliphatic carbocycles. The number of sulfonamides is 1. The Morgan fingerprint density at radius 3 is 2.55 bits per heavy atom. The second kappa shape index (κ2) is 22.0. The molecule has 0 bridgehead atoms. The van der Waals surface area contributed by atoms with Crippen molar-refractivity contribution < 1.29 is 37.1 Å². The van der Waals surface area contributed by atoms with Gasteiger partial charge in [-0.25, -0.2) is 32.9 Å². The molecule has 2 aliphatic rings.